The minimum absolute atomic E-state index is 0.0839. The highest BCUT2D eigenvalue weighted by molar-refractivity contribution is 7.89. The molecule has 0 spiro atoms. The molecule has 0 unspecified atom stereocenters. The Labute approximate surface area is 128 Å². The van der Waals surface area contributed by atoms with E-state index < -0.39 is 16.0 Å². The van der Waals surface area contributed by atoms with E-state index in [1.165, 1.54) is 6.07 Å². The first kappa shape index (κ1) is 15.9. The molecule has 22 heavy (non-hydrogen) atoms. The molecular weight excluding hydrogens is 304 g/mol. The second-order valence-corrected chi connectivity index (χ2v) is 6.24. The molecule has 0 fully saturated rings. The Morgan fingerprint density at radius 3 is 2.64 bits per heavy atom. The summed E-state index contributed by atoms with van der Waals surface area (Å²) in [6, 6.07) is 13.9. The molecule has 0 amide bonds. The lowest BCUT2D eigenvalue weighted by molar-refractivity contribution is -0.142. The second-order valence-electron chi connectivity index (χ2n) is 4.48. The van der Waals surface area contributed by atoms with Crippen molar-refractivity contribution in [3.05, 3.63) is 42.5 Å². The minimum atomic E-state index is -3.69. The fourth-order valence-electron chi connectivity index (χ4n) is 1.89. The molecule has 114 valence electrons. The maximum atomic E-state index is 12.2. The summed E-state index contributed by atoms with van der Waals surface area (Å²) in [4.78, 5) is 11.3. The van der Waals surface area contributed by atoms with Crippen molar-refractivity contribution in [2.75, 3.05) is 13.2 Å². The Hall–Kier alpha value is -2.43. The van der Waals surface area contributed by atoms with E-state index in [0.717, 1.165) is 10.8 Å². The first-order valence-corrected chi connectivity index (χ1v) is 8.02. The highest BCUT2D eigenvalue weighted by Crippen LogP contribution is 2.18. The van der Waals surface area contributed by atoms with Gasteiger partial charge in [0.15, 0.2) is 6.61 Å². The van der Waals surface area contributed by atoms with Gasteiger partial charge < -0.3 is 4.74 Å². The number of sulfonamides is 1. The number of rotatable bonds is 6. The zero-order valence-electron chi connectivity index (χ0n) is 11.7. The van der Waals surface area contributed by atoms with Gasteiger partial charge in [0.05, 0.1) is 11.3 Å². The van der Waals surface area contributed by atoms with Gasteiger partial charge in [-0.15, -0.1) is 0 Å². The molecule has 0 atom stereocenters. The second kappa shape index (κ2) is 7.02. The molecule has 0 heterocycles. The maximum absolute atomic E-state index is 12.2. The first-order chi connectivity index (χ1) is 10.5. The summed E-state index contributed by atoms with van der Waals surface area (Å²) >= 11 is 0. The number of hydrogen-bond donors (Lipinski definition) is 1. The third kappa shape index (κ3) is 4.04. The molecular formula is C15H14N2O4S. The SMILES string of the molecule is N#CCOC(=O)CCNS(=O)(=O)c1ccc2ccccc2c1. The number of ether oxygens (including phenoxy) is 1. The van der Waals surface area contributed by atoms with Crippen LogP contribution in [0, 0.1) is 11.3 Å². The van der Waals surface area contributed by atoms with Gasteiger partial charge in [-0.3, -0.25) is 4.79 Å². The smallest absolute Gasteiger partial charge is 0.308 e. The number of carbonyl (C=O) groups is 1. The van der Waals surface area contributed by atoms with Gasteiger partial charge in [-0.05, 0) is 22.9 Å². The molecule has 0 saturated heterocycles. The van der Waals surface area contributed by atoms with E-state index in [1.807, 2.05) is 24.3 Å². The molecule has 0 aromatic heterocycles. The van der Waals surface area contributed by atoms with Crippen LogP contribution in [0.4, 0.5) is 0 Å². The summed E-state index contributed by atoms with van der Waals surface area (Å²) in [5, 5.41) is 10.0. The normalized spacial score (nSPS) is 11.0. The maximum Gasteiger partial charge on any atom is 0.308 e. The number of nitrogens with zero attached hydrogens (tertiary/aromatic N) is 1. The van der Waals surface area contributed by atoms with Crippen LogP contribution >= 0.6 is 0 Å². The molecule has 6 nitrogen and oxygen atoms in total. The number of esters is 1. The minimum Gasteiger partial charge on any atom is -0.450 e. The molecule has 0 bridgehead atoms. The van der Waals surface area contributed by atoms with Gasteiger partial charge in [-0.25, -0.2) is 13.1 Å². The summed E-state index contributed by atoms with van der Waals surface area (Å²) in [6.07, 6.45) is -0.130. The molecule has 2 aromatic rings. The van der Waals surface area contributed by atoms with Gasteiger partial charge in [0.1, 0.15) is 6.07 Å². The molecule has 1 N–H and O–H groups in total. The van der Waals surface area contributed by atoms with Gasteiger partial charge in [0.2, 0.25) is 10.0 Å². The van der Waals surface area contributed by atoms with Crippen LogP contribution in [0.5, 0.6) is 0 Å². The molecule has 0 radical (unpaired) electrons. The number of benzene rings is 2. The monoisotopic (exact) mass is 318 g/mol. The van der Waals surface area contributed by atoms with E-state index in [0.29, 0.717) is 0 Å². The summed E-state index contributed by atoms with van der Waals surface area (Å²) in [6.45, 7) is -0.421. The van der Waals surface area contributed by atoms with Crippen molar-refractivity contribution in [2.24, 2.45) is 0 Å². The van der Waals surface area contributed by atoms with Crippen LogP contribution in [0.2, 0.25) is 0 Å². The van der Waals surface area contributed by atoms with Crippen molar-refractivity contribution < 1.29 is 17.9 Å². The molecule has 2 aromatic carbocycles. The molecule has 0 aliphatic carbocycles. The molecule has 0 aliphatic rings. The lowest BCUT2D eigenvalue weighted by Crippen LogP contribution is -2.26. The van der Waals surface area contributed by atoms with Crippen molar-refractivity contribution in [1.29, 1.82) is 5.26 Å². The van der Waals surface area contributed by atoms with Gasteiger partial charge in [0, 0.05) is 6.54 Å². The zero-order chi connectivity index (χ0) is 16.0. The number of fused-ring (bicyclic) bond motifs is 1. The van der Waals surface area contributed by atoms with Crippen LogP contribution in [0.3, 0.4) is 0 Å². The van der Waals surface area contributed by atoms with Crippen LogP contribution in [0.25, 0.3) is 10.8 Å². The lowest BCUT2D eigenvalue weighted by atomic mass is 10.1. The van der Waals surface area contributed by atoms with E-state index >= 15 is 0 Å². The predicted molar refractivity (Wildman–Crippen MR) is 80.3 cm³/mol. The quantitative estimate of drug-likeness (QED) is 0.816. The molecule has 7 heteroatoms. The molecule has 0 aliphatic heterocycles. The summed E-state index contributed by atoms with van der Waals surface area (Å²) in [5.41, 5.74) is 0. The van der Waals surface area contributed by atoms with E-state index in [9.17, 15) is 13.2 Å². The lowest BCUT2D eigenvalue weighted by Gasteiger charge is -2.07. The highest BCUT2D eigenvalue weighted by Gasteiger charge is 2.14. The Balaban J connectivity index is 2.03. The topological polar surface area (TPSA) is 96.3 Å². The first-order valence-electron chi connectivity index (χ1n) is 6.54. The highest BCUT2D eigenvalue weighted by atomic mass is 32.2. The zero-order valence-corrected chi connectivity index (χ0v) is 12.5. The van der Waals surface area contributed by atoms with E-state index in [4.69, 9.17) is 5.26 Å². The Morgan fingerprint density at radius 2 is 1.91 bits per heavy atom. The van der Waals surface area contributed by atoms with Crippen LogP contribution in [-0.2, 0) is 19.6 Å². The fraction of sp³-hybridized carbons (Fsp3) is 0.200. The summed E-state index contributed by atoms with van der Waals surface area (Å²) in [7, 11) is -3.69. The number of nitrogens with one attached hydrogen (secondary N) is 1. The van der Waals surface area contributed by atoms with Gasteiger partial charge in [0.25, 0.3) is 0 Å². The standard InChI is InChI=1S/C15H14N2O4S/c16-8-10-21-15(18)7-9-17-22(19,20)14-6-5-12-3-1-2-4-13(12)11-14/h1-6,11,17H,7,9-10H2. The van der Waals surface area contributed by atoms with Crippen molar-refractivity contribution in [2.45, 2.75) is 11.3 Å². The molecule has 0 saturated carbocycles. The number of carbonyl (C=O) groups excluding carboxylic acids is 1. The van der Waals surface area contributed by atoms with Crippen molar-refractivity contribution in [3.8, 4) is 6.07 Å². The van der Waals surface area contributed by atoms with Crippen LogP contribution < -0.4 is 4.72 Å². The number of hydrogen-bond acceptors (Lipinski definition) is 5. The Morgan fingerprint density at radius 1 is 1.18 bits per heavy atom. The largest absolute Gasteiger partial charge is 0.450 e. The van der Waals surface area contributed by atoms with E-state index in [2.05, 4.69) is 9.46 Å². The van der Waals surface area contributed by atoms with Gasteiger partial charge >= 0.3 is 5.97 Å². The van der Waals surface area contributed by atoms with Gasteiger partial charge in [-0.2, -0.15) is 5.26 Å². The van der Waals surface area contributed by atoms with Crippen molar-refractivity contribution in [1.82, 2.24) is 4.72 Å². The third-order valence-electron chi connectivity index (χ3n) is 2.95. The van der Waals surface area contributed by atoms with Crippen LogP contribution in [0.15, 0.2) is 47.4 Å². The number of nitriles is 1. The average Bonchev–Trinajstić information content (AvgIpc) is 2.52. The van der Waals surface area contributed by atoms with Crippen molar-refractivity contribution in [3.63, 3.8) is 0 Å². The summed E-state index contributed by atoms with van der Waals surface area (Å²) in [5.74, 6) is -0.622. The third-order valence-corrected chi connectivity index (χ3v) is 4.41. The van der Waals surface area contributed by atoms with Crippen LogP contribution in [0.1, 0.15) is 6.42 Å². The van der Waals surface area contributed by atoms with E-state index in [1.54, 1.807) is 18.2 Å². The van der Waals surface area contributed by atoms with Gasteiger partial charge in [-0.1, -0.05) is 30.3 Å². The van der Waals surface area contributed by atoms with Crippen LogP contribution in [-0.4, -0.2) is 27.5 Å². The Kier molecular flexibility index (Phi) is 5.09. The summed E-state index contributed by atoms with van der Waals surface area (Å²) < 4.78 is 31.2. The molecule has 2 rings (SSSR count). The predicted octanol–water partition coefficient (Wildman–Crippen LogP) is 1.57. The van der Waals surface area contributed by atoms with E-state index in [-0.39, 0.29) is 24.5 Å². The Bertz CT molecular complexity index is 825. The van der Waals surface area contributed by atoms with Crippen molar-refractivity contribution >= 4 is 26.8 Å². The average molecular weight is 318 g/mol. The fourth-order valence-corrected chi connectivity index (χ4v) is 2.96.